The van der Waals surface area contributed by atoms with Crippen molar-refractivity contribution in [3.05, 3.63) is 24.3 Å². The summed E-state index contributed by atoms with van der Waals surface area (Å²) in [6, 6.07) is 6.17. The number of anilines is 1. The lowest BCUT2D eigenvalue weighted by atomic mass is 10.2. The molecule has 8 heteroatoms. The van der Waals surface area contributed by atoms with Crippen molar-refractivity contribution in [1.82, 2.24) is 9.21 Å². The van der Waals surface area contributed by atoms with Crippen molar-refractivity contribution in [3.63, 3.8) is 0 Å². The Morgan fingerprint density at radius 1 is 1.21 bits per heavy atom. The molecule has 0 bridgehead atoms. The lowest BCUT2D eigenvalue weighted by Crippen LogP contribution is -2.48. The summed E-state index contributed by atoms with van der Waals surface area (Å²) >= 11 is 0. The van der Waals surface area contributed by atoms with E-state index in [-0.39, 0.29) is 29.6 Å². The SMILES string of the molecule is C[C@@H]1CN(CC(=O)Nc2ccc(S(=O)(=O)N(C)C)cc2)C[C@H](C)O1. The number of carbonyl (C=O) groups excluding carboxylic acids is 1. The molecule has 1 fully saturated rings. The van der Waals surface area contributed by atoms with Gasteiger partial charge in [0.15, 0.2) is 0 Å². The molecule has 0 unspecified atom stereocenters. The Kier molecular flexibility index (Phi) is 5.97. The molecular weight excluding hydrogens is 330 g/mol. The Morgan fingerprint density at radius 3 is 2.25 bits per heavy atom. The molecule has 1 heterocycles. The number of morpholine rings is 1. The highest BCUT2D eigenvalue weighted by molar-refractivity contribution is 7.89. The Hall–Kier alpha value is -1.48. The highest BCUT2D eigenvalue weighted by Gasteiger charge is 2.23. The van der Waals surface area contributed by atoms with Crippen molar-refractivity contribution >= 4 is 21.6 Å². The summed E-state index contributed by atoms with van der Waals surface area (Å²) in [6.45, 7) is 5.71. The number of hydrogen-bond acceptors (Lipinski definition) is 5. The van der Waals surface area contributed by atoms with Crippen LogP contribution in [0.5, 0.6) is 0 Å². The van der Waals surface area contributed by atoms with E-state index in [9.17, 15) is 13.2 Å². The summed E-state index contributed by atoms with van der Waals surface area (Å²) < 4.78 is 30.8. The molecule has 1 aromatic carbocycles. The van der Waals surface area contributed by atoms with Gasteiger partial charge in [0, 0.05) is 32.9 Å². The largest absolute Gasteiger partial charge is 0.373 e. The molecule has 1 N–H and O–H groups in total. The molecule has 134 valence electrons. The zero-order valence-electron chi connectivity index (χ0n) is 14.5. The van der Waals surface area contributed by atoms with E-state index in [0.29, 0.717) is 5.69 Å². The van der Waals surface area contributed by atoms with E-state index in [1.807, 2.05) is 13.8 Å². The second kappa shape index (κ2) is 7.60. The number of hydrogen-bond donors (Lipinski definition) is 1. The predicted octanol–water partition coefficient (Wildman–Crippen LogP) is 0.985. The van der Waals surface area contributed by atoms with Gasteiger partial charge in [0.2, 0.25) is 15.9 Å². The molecule has 1 amide bonds. The van der Waals surface area contributed by atoms with Gasteiger partial charge in [-0.05, 0) is 38.1 Å². The third-order valence-corrected chi connectivity index (χ3v) is 5.61. The minimum Gasteiger partial charge on any atom is -0.373 e. The van der Waals surface area contributed by atoms with Gasteiger partial charge in [-0.1, -0.05) is 0 Å². The maximum Gasteiger partial charge on any atom is 0.242 e. The normalized spacial score (nSPS) is 22.5. The zero-order chi connectivity index (χ0) is 17.9. The monoisotopic (exact) mass is 355 g/mol. The molecular formula is C16H25N3O4S. The number of ether oxygens (including phenoxy) is 1. The summed E-state index contributed by atoms with van der Waals surface area (Å²) in [5.74, 6) is -0.125. The predicted molar refractivity (Wildman–Crippen MR) is 92.4 cm³/mol. The van der Waals surface area contributed by atoms with Crippen molar-refractivity contribution in [1.29, 1.82) is 0 Å². The van der Waals surface area contributed by atoms with Crippen LogP contribution in [-0.2, 0) is 19.6 Å². The average Bonchev–Trinajstić information content (AvgIpc) is 2.46. The van der Waals surface area contributed by atoms with Gasteiger partial charge in [0.05, 0.1) is 23.6 Å². The lowest BCUT2D eigenvalue weighted by Gasteiger charge is -2.34. The van der Waals surface area contributed by atoms with E-state index in [4.69, 9.17) is 4.74 Å². The van der Waals surface area contributed by atoms with Crippen molar-refractivity contribution in [2.45, 2.75) is 31.0 Å². The van der Waals surface area contributed by atoms with Crippen LogP contribution in [0.4, 0.5) is 5.69 Å². The van der Waals surface area contributed by atoms with Crippen molar-refractivity contribution in [2.24, 2.45) is 0 Å². The maximum atomic E-state index is 12.2. The van der Waals surface area contributed by atoms with Crippen LogP contribution >= 0.6 is 0 Å². The van der Waals surface area contributed by atoms with Crippen LogP contribution in [0.1, 0.15) is 13.8 Å². The van der Waals surface area contributed by atoms with Crippen molar-refractivity contribution < 1.29 is 17.9 Å². The maximum absolute atomic E-state index is 12.2. The minimum absolute atomic E-state index is 0.108. The fourth-order valence-electron chi connectivity index (χ4n) is 2.74. The molecule has 24 heavy (non-hydrogen) atoms. The van der Waals surface area contributed by atoms with Gasteiger partial charge >= 0.3 is 0 Å². The molecule has 7 nitrogen and oxygen atoms in total. The van der Waals surface area contributed by atoms with Gasteiger partial charge in [-0.3, -0.25) is 9.69 Å². The van der Waals surface area contributed by atoms with E-state index >= 15 is 0 Å². The van der Waals surface area contributed by atoms with Crippen LogP contribution in [0.3, 0.4) is 0 Å². The van der Waals surface area contributed by atoms with Crippen molar-refractivity contribution in [3.8, 4) is 0 Å². The van der Waals surface area contributed by atoms with Crippen LogP contribution in [0.15, 0.2) is 29.2 Å². The first-order chi connectivity index (χ1) is 11.2. The summed E-state index contributed by atoms with van der Waals surface area (Å²) in [4.78, 5) is 14.4. The zero-order valence-corrected chi connectivity index (χ0v) is 15.3. The number of nitrogens with one attached hydrogen (secondary N) is 1. The average molecular weight is 355 g/mol. The Labute approximate surface area is 143 Å². The molecule has 0 aromatic heterocycles. The van der Waals surface area contributed by atoms with E-state index in [0.717, 1.165) is 17.4 Å². The number of carbonyl (C=O) groups is 1. The summed E-state index contributed by atoms with van der Waals surface area (Å²) in [6.07, 6.45) is 0.217. The Bertz CT molecular complexity index is 663. The second-order valence-corrected chi connectivity index (χ2v) is 8.46. The fraction of sp³-hybridized carbons (Fsp3) is 0.562. The Balaban J connectivity index is 1.95. The third kappa shape index (κ3) is 4.76. The van der Waals surface area contributed by atoms with E-state index < -0.39 is 10.0 Å². The van der Waals surface area contributed by atoms with Crippen LogP contribution in [0.25, 0.3) is 0 Å². The third-order valence-electron chi connectivity index (χ3n) is 3.78. The van der Waals surface area contributed by atoms with Gasteiger partial charge in [-0.2, -0.15) is 0 Å². The second-order valence-electron chi connectivity index (χ2n) is 6.31. The topological polar surface area (TPSA) is 79.0 Å². The highest BCUT2D eigenvalue weighted by Crippen LogP contribution is 2.17. The van der Waals surface area contributed by atoms with Gasteiger partial charge in [0.1, 0.15) is 0 Å². The first kappa shape index (κ1) is 18.9. The van der Waals surface area contributed by atoms with Crippen LogP contribution in [0, 0.1) is 0 Å². The van der Waals surface area contributed by atoms with Gasteiger partial charge in [0.25, 0.3) is 0 Å². The number of amides is 1. The molecule has 2 atom stereocenters. The molecule has 0 spiro atoms. The van der Waals surface area contributed by atoms with Crippen LogP contribution < -0.4 is 5.32 Å². The molecule has 0 aliphatic carbocycles. The van der Waals surface area contributed by atoms with E-state index in [2.05, 4.69) is 10.2 Å². The molecule has 1 aromatic rings. The molecule has 1 aliphatic heterocycles. The smallest absolute Gasteiger partial charge is 0.242 e. The molecule has 0 radical (unpaired) electrons. The quantitative estimate of drug-likeness (QED) is 0.852. The van der Waals surface area contributed by atoms with Crippen LogP contribution in [-0.4, -0.2) is 69.5 Å². The first-order valence-corrected chi connectivity index (χ1v) is 9.32. The standard InChI is InChI=1S/C16H25N3O4S/c1-12-9-19(10-13(2)23-12)11-16(20)17-14-5-7-15(8-6-14)24(21,22)18(3)4/h5-8,12-13H,9-11H2,1-4H3,(H,17,20)/t12-,13+. The summed E-state index contributed by atoms with van der Waals surface area (Å²) in [5.41, 5.74) is 0.576. The highest BCUT2D eigenvalue weighted by atomic mass is 32.2. The van der Waals surface area contributed by atoms with Gasteiger partial charge < -0.3 is 10.1 Å². The van der Waals surface area contributed by atoms with Gasteiger partial charge in [-0.15, -0.1) is 0 Å². The molecule has 1 saturated heterocycles. The minimum atomic E-state index is -3.46. The Morgan fingerprint density at radius 2 is 1.75 bits per heavy atom. The van der Waals surface area contributed by atoms with Crippen LogP contribution in [0.2, 0.25) is 0 Å². The molecule has 2 rings (SSSR count). The molecule has 0 saturated carbocycles. The van der Waals surface area contributed by atoms with Gasteiger partial charge in [-0.25, -0.2) is 12.7 Å². The van der Waals surface area contributed by atoms with E-state index in [1.165, 1.54) is 26.2 Å². The summed E-state index contributed by atoms with van der Waals surface area (Å²) in [5, 5.41) is 2.80. The summed E-state index contributed by atoms with van der Waals surface area (Å²) in [7, 11) is -0.496. The molecule has 1 aliphatic rings. The number of rotatable bonds is 5. The van der Waals surface area contributed by atoms with E-state index in [1.54, 1.807) is 12.1 Å². The lowest BCUT2D eigenvalue weighted by molar-refractivity contribution is -0.121. The number of benzene rings is 1. The van der Waals surface area contributed by atoms with Crippen molar-refractivity contribution in [2.75, 3.05) is 39.0 Å². The first-order valence-electron chi connectivity index (χ1n) is 7.88. The fourth-order valence-corrected chi connectivity index (χ4v) is 3.64. The number of nitrogens with zero attached hydrogens (tertiary/aromatic N) is 2. The number of sulfonamides is 1.